The minimum Gasteiger partial charge on any atom is -0.870 e. The fourth-order valence-electron chi connectivity index (χ4n) is 6.21. The normalized spacial score (nSPS) is 18.6. The largest absolute Gasteiger partial charge is 0.870 e. The Morgan fingerprint density at radius 1 is 1.02 bits per heavy atom. The number of fused-ring (bicyclic) bond motifs is 3. The third-order valence-corrected chi connectivity index (χ3v) is 10.5. The summed E-state index contributed by atoms with van der Waals surface area (Å²) in [5, 5.41) is 11.0. The fourth-order valence-corrected chi connectivity index (χ4v) is 7.62. The van der Waals surface area contributed by atoms with Gasteiger partial charge in [-0.3, -0.25) is 9.80 Å². The van der Waals surface area contributed by atoms with Crippen LogP contribution in [0.25, 0.3) is 0 Å². The van der Waals surface area contributed by atoms with Crippen molar-refractivity contribution < 1.29 is 44.1 Å². The summed E-state index contributed by atoms with van der Waals surface area (Å²) in [6, 6.07) is 15.2. The van der Waals surface area contributed by atoms with Crippen molar-refractivity contribution in [3.05, 3.63) is 97.9 Å². The van der Waals surface area contributed by atoms with E-state index < -0.39 is 18.2 Å². The van der Waals surface area contributed by atoms with Crippen LogP contribution in [0.5, 0.6) is 17.2 Å². The highest BCUT2D eigenvalue weighted by molar-refractivity contribution is 7.14. The molecule has 7 rings (SSSR count). The van der Waals surface area contributed by atoms with Gasteiger partial charge in [-0.15, -0.1) is 11.3 Å². The molecule has 0 saturated carbocycles. The second-order valence-electron chi connectivity index (χ2n) is 11.8. The number of hydrogen-bond donors (Lipinski definition) is 1. The Morgan fingerprint density at radius 3 is 2.41 bits per heavy atom. The number of rotatable bonds is 11. The molecule has 0 aliphatic carbocycles. The van der Waals surface area contributed by atoms with Crippen LogP contribution < -0.4 is 19.4 Å². The number of H-pyrrole nitrogens is 1. The molecule has 0 unspecified atom stereocenters. The van der Waals surface area contributed by atoms with Crippen LogP contribution in [0, 0.1) is 5.92 Å². The summed E-state index contributed by atoms with van der Waals surface area (Å²) < 4.78 is 23.1. The van der Waals surface area contributed by atoms with Gasteiger partial charge in [-0.1, -0.05) is 35.3 Å². The molecule has 2 aromatic carbocycles. The number of methoxy groups -OCH3 is 2. The van der Waals surface area contributed by atoms with E-state index in [1.54, 1.807) is 68.0 Å². The summed E-state index contributed by atoms with van der Waals surface area (Å²) in [6.07, 6.45) is 3.97. The summed E-state index contributed by atoms with van der Waals surface area (Å²) in [6.45, 7) is 2.91. The molecule has 3 aliphatic rings. The number of aromatic hydroxyl groups is 1. The molecule has 3 aliphatic heterocycles. The predicted molar refractivity (Wildman–Crippen MR) is 184 cm³/mol. The van der Waals surface area contributed by atoms with Crippen LogP contribution in [-0.2, 0) is 22.4 Å². The molecule has 0 radical (unpaired) electrons. The van der Waals surface area contributed by atoms with Crippen molar-refractivity contribution in [3.8, 4) is 17.2 Å². The van der Waals surface area contributed by atoms with Crippen LogP contribution in [-0.4, -0.2) is 67.5 Å². The number of carbonyl (C=O) groups excluding carboxylic acids is 2. The van der Waals surface area contributed by atoms with Crippen LogP contribution in [0.15, 0.2) is 67.0 Å². The molecule has 3 N–H and O–H groups in total. The molecule has 2 atom stereocenters. The molecule has 0 spiro atoms. The van der Waals surface area contributed by atoms with E-state index in [-0.39, 0.29) is 30.3 Å². The molecule has 3 fully saturated rings. The van der Waals surface area contributed by atoms with Crippen LogP contribution in [0.2, 0.25) is 10.0 Å². The van der Waals surface area contributed by atoms with Crippen molar-refractivity contribution >= 4 is 52.3 Å². The van der Waals surface area contributed by atoms with Gasteiger partial charge in [0.25, 0.3) is 0 Å². The summed E-state index contributed by atoms with van der Waals surface area (Å²) in [5.41, 5.74) is 1.75. The number of phenols is 1. The monoisotopic (exact) mass is 729 g/mol. The van der Waals surface area contributed by atoms with Crippen LogP contribution in [0.1, 0.15) is 44.6 Å². The molecule has 1 amide bonds. The SMILES string of the molecule is COc1ccc([C@H](Cc2c(Cl)c[nH+]cc2Cl)OC(=O)c2ccc(CN(C(=O)O[C@H]3CN4CCC3CC4)c3cccc(O)c3)s2)cc1OC.[OH-]. The van der Waals surface area contributed by atoms with Crippen LogP contribution in [0.4, 0.5) is 10.5 Å². The van der Waals surface area contributed by atoms with Gasteiger partial charge in [0.1, 0.15) is 32.9 Å². The molecule has 260 valence electrons. The van der Waals surface area contributed by atoms with Gasteiger partial charge < -0.3 is 29.5 Å². The number of ether oxygens (including phenoxy) is 4. The van der Waals surface area contributed by atoms with Crippen molar-refractivity contribution in [1.29, 1.82) is 0 Å². The van der Waals surface area contributed by atoms with E-state index in [0.717, 1.165) is 37.4 Å². The smallest absolute Gasteiger partial charge is 0.414 e. The number of aromatic amines is 1. The maximum Gasteiger partial charge on any atom is 0.414 e. The highest BCUT2D eigenvalue weighted by atomic mass is 35.5. The first-order chi connectivity index (χ1) is 23.2. The molecule has 11 nitrogen and oxygen atoms in total. The summed E-state index contributed by atoms with van der Waals surface area (Å²) in [4.78, 5) is 35.1. The van der Waals surface area contributed by atoms with E-state index in [4.69, 9.17) is 42.1 Å². The lowest BCUT2D eigenvalue weighted by molar-refractivity contribution is -0.377. The number of amides is 1. The van der Waals surface area contributed by atoms with Gasteiger partial charge in [0, 0.05) is 29.5 Å². The second-order valence-corrected chi connectivity index (χ2v) is 13.8. The first kappa shape index (κ1) is 36.2. The van der Waals surface area contributed by atoms with Crippen molar-refractivity contribution in [2.75, 3.05) is 38.8 Å². The van der Waals surface area contributed by atoms with Gasteiger partial charge in [0.15, 0.2) is 23.9 Å². The maximum absolute atomic E-state index is 13.7. The van der Waals surface area contributed by atoms with Crippen molar-refractivity contribution in [1.82, 2.24) is 4.90 Å². The number of hydrogen-bond acceptors (Lipinski definition) is 10. The molecule has 2 aromatic heterocycles. The first-order valence-corrected chi connectivity index (χ1v) is 17.1. The third kappa shape index (κ3) is 8.39. The zero-order valence-corrected chi connectivity index (χ0v) is 29.3. The van der Waals surface area contributed by atoms with Gasteiger partial charge in [-0.25, -0.2) is 14.6 Å². The molecule has 14 heteroatoms. The van der Waals surface area contributed by atoms with Crippen molar-refractivity contribution in [2.45, 2.75) is 38.0 Å². The van der Waals surface area contributed by atoms with Gasteiger partial charge in [-0.05, 0) is 73.8 Å². The minimum absolute atomic E-state index is 0. The number of halogens is 2. The van der Waals surface area contributed by atoms with Crippen molar-refractivity contribution in [2.24, 2.45) is 5.92 Å². The fraction of sp³-hybridized carbons (Fsp3) is 0.343. The Hall–Kier alpha value is -4.07. The Kier molecular flexibility index (Phi) is 11.9. The Morgan fingerprint density at radius 2 is 1.76 bits per heavy atom. The van der Waals surface area contributed by atoms with Crippen molar-refractivity contribution in [3.63, 3.8) is 0 Å². The highest BCUT2D eigenvalue weighted by Gasteiger charge is 2.37. The van der Waals surface area contributed by atoms with E-state index in [1.807, 2.05) is 0 Å². The molecule has 4 aromatic rings. The Labute approximate surface area is 298 Å². The molecular weight excluding hydrogens is 693 g/mol. The molecular formula is C35H37Cl2N3O8S. The Bertz CT molecular complexity index is 1760. The molecule has 49 heavy (non-hydrogen) atoms. The molecule has 2 bridgehead atoms. The number of carbonyl (C=O) groups is 2. The summed E-state index contributed by atoms with van der Waals surface area (Å²) in [5.74, 6) is 0.819. The predicted octanol–water partition coefficient (Wildman–Crippen LogP) is 6.79. The van der Waals surface area contributed by atoms with E-state index >= 15 is 0 Å². The van der Waals surface area contributed by atoms with Gasteiger partial charge in [0.2, 0.25) is 0 Å². The lowest BCUT2D eigenvalue weighted by atomic mass is 9.86. The summed E-state index contributed by atoms with van der Waals surface area (Å²) >= 11 is 14.2. The third-order valence-electron chi connectivity index (χ3n) is 8.80. The number of phenolic OH excluding ortho intramolecular Hbond substituents is 1. The lowest BCUT2D eigenvalue weighted by Crippen LogP contribution is -2.53. The van der Waals surface area contributed by atoms with E-state index in [1.165, 1.54) is 29.4 Å². The van der Waals surface area contributed by atoms with E-state index in [0.29, 0.717) is 49.2 Å². The van der Waals surface area contributed by atoms with E-state index in [2.05, 4.69) is 9.88 Å². The van der Waals surface area contributed by atoms with Crippen LogP contribution in [0.3, 0.4) is 0 Å². The van der Waals surface area contributed by atoms with Gasteiger partial charge in [0.05, 0.1) is 26.5 Å². The quantitative estimate of drug-likeness (QED) is 0.165. The standard InChI is InChI=1S/C35H35Cl2N3O7S.H2O/c1-44-29-8-6-22(14-31(29)45-2)30(16-26-27(36)17-38-18-28(26)37)46-34(42)33-9-7-25(48-33)19-40(23-4-3-5-24(41)15-23)35(43)47-32-20-39-12-10-21(32)11-13-39;/h3-9,14-15,17-18,21,30,32,41H,10-13,16,19-20H2,1-2H3;1H2/t30-,32-;/m0./s1. The maximum atomic E-state index is 13.7. The second kappa shape index (κ2) is 16.1. The number of nitrogens with one attached hydrogen (secondary N) is 1. The number of aromatic nitrogens is 1. The number of pyridine rings is 1. The summed E-state index contributed by atoms with van der Waals surface area (Å²) in [7, 11) is 3.08. The number of esters is 1. The first-order valence-electron chi connectivity index (χ1n) is 15.6. The number of piperidine rings is 3. The number of anilines is 1. The zero-order chi connectivity index (χ0) is 33.8. The number of nitrogens with zero attached hydrogens (tertiary/aromatic N) is 2. The van der Waals surface area contributed by atoms with Crippen LogP contribution >= 0.6 is 34.5 Å². The minimum atomic E-state index is -0.777. The Balaban J connectivity index is 0.00000468. The number of benzene rings is 2. The lowest BCUT2D eigenvalue weighted by Gasteiger charge is -2.44. The highest BCUT2D eigenvalue weighted by Crippen LogP contribution is 2.36. The van der Waals surface area contributed by atoms with Gasteiger partial charge >= 0.3 is 12.1 Å². The average Bonchev–Trinajstić information content (AvgIpc) is 3.57. The zero-order valence-electron chi connectivity index (χ0n) is 26.9. The topological polar surface area (TPSA) is 142 Å². The van der Waals surface area contributed by atoms with E-state index in [9.17, 15) is 14.7 Å². The number of thiophene rings is 1. The molecule has 3 saturated heterocycles. The molecule has 5 heterocycles. The van der Waals surface area contributed by atoms with Gasteiger partial charge in [-0.2, -0.15) is 0 Å². The average molecular weight is 731 g/mol.